The van der Waals surface area contributed by atoms with Crippen LogP contribution in [0.15, 0.2) is 5.16 Å². The number of tetrazole rings is 1. The van der Waals surface area contributed by atoms with Gasteiger partial charge in [0.1, 0.15) is 0 Å². The zero-order valence-electron chi connectivity index (χ0n) is 10.8. The number of thioether (sulfide) groups is 1. The van der Waals surface area contributed by atoms with Gasteiger partial charge in [-0.05, 0) is 35.7 Å². The van der Waals surface area contributed by atoms with E-state index >= 15 is 0 Å². The lowest BCUT2D eigenvalue weighted by molar-refractivity contribution is 0.508. The van der Waals surface area contributed by atoms with Gasteiger partial charge in [-0.15, -0.1) is 5.10 Å². The summed E-state index contributed by atoms with van der Waals surface area (Å²) < 4.78 is 1.98. The van der Waals surface area contributed by atoms with Crippen LogP contribution in [0.1, 0.15) is 39.7 Å². The Labute approximate surface area is 107 Å². The summed E-state index contributed by atoms with van der Waals surface area (Å²) in [6.45, 7) is 7.66. The van der Waals surface area contributed by atoms with Crippen LogP contribution in [0.3, 0.4) is 0 Å². The maximum absolute atomic E-state index is 4.09. The summed E-state index contributed by atoms with van der Waals surface area (Å²) in [6, 6.07) is 1.12. The average molecular weight is 255 g/mol. The second kappa shape index (κ2) is 5.82. The Kier molecular flexibility index (Phi) is 4.39. The van der Waals surface area contributed by atoms with Crippen LogP contribution in [0.5, 0.6) is 0 Å². The van der Waals surface area contributed by atoms with Gasteiger partial charge in [0.25, 0.3) is 0 Å². The molecule has 0 saturated heterocycles. The first-order chi connectivity index (χ1) is 8.16. The van der Waals surface area contributed by atoms with Crippen molar-refractivity contribution in [2.24, 2.45) is 5.92 Å². The summed E-state index contributed by atoms with van der Waals surface area (Å²) in [5.74, 6) is 1.69. The van der Waals surface area contributed by atoms with E-state index in [9.17, 15) is 0 Å². The zero-order chi connectivity index (χ0) is 12.3. The van der Waals surface area contributed by atoms with Crippen LogP contribution in [0.25, 0.3) is 0 Å². The maximum Gasteiger partial charge on any atom is 0.209 e. The molecule has 0 spiro atoms. The summed E-state index contributed by atoms with van der Waals surface area (Å²) in [7, 11) is 0. The molecular weight excluding hydrogens is 234 g/mol. The van der Waals surface area contributed by atoms with Crippen molar-refractivity contribution in [1.82, 2.24) is 25.5 Å². The Balaban J connectivity index is 1.75. The second-order valence-electron chi connectivity index (χ2n) is 5.12. The molecule has 0 aliphatic heterocycles. The number of nitrogens with one attached hydrogen (secondary N) is 1. The third-order valence-electron chi connectivity index (χ3n) is 2.73. The van der Waals surface area contributed by atoms with Crippen molar-refractivity contribution in [3.63, 3.8) is 0 Å². The fraction of sp³-hybridized carbons (Fsp3) is 0.909. The number of hydrogen-bond acceptors (Lipinski definition) is 5. The first-order valence-corrected chi connectivity index (χ1v) is 7.29. The summed E-state index contributed by atoms with van der Waals surface area (Å²) >= 11 is 1.77. The molecule has 0 aromatic carbocycles. The van der Waals surface area contributed by atoms with E-state index in [-0.39, 0.29) is 0 Å². The first-order valence-electron chi connectivity index (χ1n) is 6.31. The summed E-state index contributed by atoms with van der Waals surface area (Å²) in [4.78, 5) is 0. The molecule has 1 aromatic heterocycles. The molecule has 5 nitrogen and oxygen atoms in total. The van der Waals surface area contributed by atoms with Gasteiger partial charge in [-0.3, -0.25) is 0 Å². The standard InChI is InChI=1S/C11H21N5S/c1-8(2)12-6-9(3)7-17-11-13-14-15-16(11)10-4-5-10/h8-10,12H,4-7H2,1-3H3. The molecule has 1 saturated carbocycles. The van der Waals surface area contributed by atoms with E-state index in [1.807, 2.05) is 4.68 Å². The topological polar surface area (TPSA) is 55.6 Å². The number of hydrogen-bond donors (Lipinski definition) is 1. The van der Waals surface area contributed by atoms with Gasteiger partial charge in [0.15, 0.2) is 0 Å². The highest BCUT2D eigenvalue weighted by molar-refractivity contribution is 7.99. The third kappa shape index (κ3) is 3.96. The lowest BCUT2D eigenvalue weighted by Gasteiger charge is -2.14. The molecule has 17 heavy (non-hydrogen) atoms. The second-order valence-corrected chi connectivity index (χ2v) is 6.10. The van der Waals surface area contributed by atoms with Gasteiger partial charge >= 0.3 is 0 Å². The molecule has 1 N–H and O–H groups in total. The van der Waals surface area contributed by atoms with Crippen molar-refractivity contribution < 1.29 is 0 Å². The molecule has 1 aliphatic carbocycles. The SMILES string of the molecule is CC(CNC(C)C)CSc1nnnn1C1CC1. The predicted molar refractivity (Wildman–Crippen MR) is 69.1 cm³/mol. The zero-order valence-corrected chi connectivity index (χ0v) is 11.6. The minimum absolute atomic E-state index is 0.555. The summed E-state index contributed by atoms with van der Waals surface area (Å²) in [6.07, 6.45) is 2.45. The Bertz CT molecular complexity index is 347. The highest BCUT2D eigenvalue weighted by Crippen LogP contribution is 2.36. The van der Waals surface area contributed by atoms with Crippen LogP contribution in [0.4, 0.5) is 0 Å². The van der Waals surface area contributed by atoms with Gasteiger partial charge < -0.3 is 5.32 Å². The van der Waals surface area contributed by atoms with E-state index in [1.54, 1.807) is 11.8 Å². The number of rotatable bonds is 7. The van der Waals surface area contributed by atoms with Crippen molar-refractivity contribution in [3.05, 3.63) is 0 Å². The molecule has 2 rings (SSSR count). The van der Waals surface area contributed by atoms with Crippen LogP contribution in [0.2, 0.25) is 0 Å². The van der Waals surface area contributed by atoms with Gasteiger partial charge in [0, 0.05) is 11.8 Å². The van der Waals surface area contributed by atoms with Gasteiger partial charge in [-0.1, -0.05) is 32.5 Å². The van der Waals surface area contributed by atoms with Crippen LogP contribution < -0.4 is 5.32 Å². The van der Waals surface area contributed by atoms with Crippen LogP contribution >= 0.6 is 11.8 Å². The Morgan fingerprint density at radius 3 is 2.82 bits per heavy atom. The Hall–Kier alpha value is -0.620. The molecule has 1 fully saturated rings. The van der Waals surface area contributed by atoms with Gasteiger partial charge in [-0.2, -0.15) is 0 Å². The van der Waals surface area contributed by atoms with Crippen molar-refractivity contribution in [2.45, 2.75) is 50.9 Å². The summed E-state index contributed by atoms with van der Waals surface area (Å²) in [5.41, 5.74) is 0. The van der Waals surface area contributed by atoms with Crippen molar-refractivity contribution in [3.8, 4) is 0 Å². The molecule has 0 amide bonds. The molecular formula is C11H21N5S. The molecule has 1 aromatic rings. The number of nitrogens with zero attached hydrogens (tertiary/aromatic N) is 4. The molecule has 1 aliphatic rings. The van der Waals surface area contributed by atoms with E-state index in [4.69, 9.17) is 0 Å². The van der Waals surface area contributed by atoms with Gasteiger partial charge in [-0.25, -0.2) is 4.68 Å². The molecule has 0 bridgehead atoms. The lowest BCUT2D eigenvalue weighted by Crippen LogP contribution is -2.28. The van der Waals surface area contributed by atoms with E-state index in [2.05, 4.69) is 41.6 Å². The quantitative estimate of drug-likeness (QED) is 0.752. The normalized spacial score (nSPS) is 17.6. The monoisotopic (exact) mass is 255 g/mol. The fourth-order valence-corrected chi connectivity index (χ4v) is 2.50. The average Bonchev–Trinajstić information content (AvgIpc) is 3.03. The number of aromatic nitrogens is 4. The highest BCUT2D eigenvalue weighted by Gasteiger charge is 2.27. The lowest BCUT2D eigenvalue weighted by atomic mass is 10.2. The molecule has 0 radical (unpaired) electrons. The van der Waals surface area contributed by atoms with Gasteiger partial charge in [0.2, 0.25) is 5.16 Å². The van der Waals surface area contributed by atoms with Crippen molar-refractivity contribution in [2.75, 3.05) is 12.3 Å². The van der Waals surface area contributed by atoms with E-state index < -0.39 is 0 Å². The highest BCUT2D eigenvalue weighted by atomic mass is 32.2. The minimum Gasteiger partial charge on any atom is -0.314 e. The first kappa shape index (κ1) is 12.8. The minimum atomic E-state index is 0.555. The Morgan fingerprint density at radius 1 is 1.41 bits per heavy atom. The predicted octanol–water partition coefficient (Wildman–Crippen LogP) is 1.73. The van der Waals surface area contributed by atoms with E-state index in [0.717, 1.165) is 17.5 Å². The van der Waals surface area contributed by atoms with Crippen LogP contribution in [0, 0.1) is 5.92 Å². The van der Waals surface area contributed by atoms with Crippen LogP contribution in [-0.2, 0) is 0 Å². The molecule has 6 heteroatoms. The van der Waals surface area contributed by atoms with Crippen molar-refractivity contribution >= 4 is 11.8 Å². The van der Waals surface area contributed by atoms with Crippen molar-refractivity contribution in [1.29, 1.82) is 0 Å². The van der Waals surface area contributed by atoms with E-state index in [0.29, 0.717) is 18.0 Å². The molecule has 96 valence electrons. The largest absolute Gasteiger partial charge is 0.314 e. The Morgan fingerprint density at radius 2 is 2.18 bits per heavy atom. The molecule has 1 heterocycles. The van der Waals surface area contributed by atoms with Crippen LogP contribution in [-0.4, -0.2) is 38.5 Å². The molecule has 1 atom stereocenters. The maximum atomic E-state index is 4.09. The fourth-order valence-electron chi connectivity index (χ4n) is 1.54. The third-order valence-corrected chi connectivity index (χ3v) is 3.99. The summed E-state index contributed by atoms with van der Waals surface area (Å²) in [5, 5.41) is 16.3. The van der Waals surface area contributed by atoms with Gasteiger partial charge in [0.05, 0.1) is 6.04 Å². The smallest absolute Gasteiger partial charge is 0.209 e. The van der Waals surface area contributed by atoms with E-state index in [1.165, 1.54) is 12.8 Å². The molecule has 1 unspecified atom stereocenters.